The van der Waals surface area contributed by atoms with Crippen LogP contribution in [0.1, 0.15) is 33.1 Å². The van der Waals surface area contributed by atoms with Gasteiger partial charge in [0, 0.05) is 57.7 Å². The summed E-state index contributed by atoms with van der Waals surface area (Å²) in [6, 6.07) is 4.41. The van der Waals surface area contributed by atoms with E-state index >= 15 is 0 Å². The summed E-state index contributed by atoms with van der Waals surface area (Å²) in [5.41, 5.74) is -0.858. The normalized spacial score (nSPS) is 15.8. The van der Waals surface area contributed by atoms with Crippen molar-refractivity contribution in [3.05, 3.63) is 59.3 Å². The number of carbonyl (C=O) groups excluding carboxylic acids is 3. The predicted molar refractivity (Wildman–Crippen MR) is 149 cm³/mol. The van der Waals surface area contributed by atoms with Gasteiger partial charge in [0.15, 0.2) is 11.5 Å². The minimum absolute atomic E-state index is 0.0291. The number of imidazole rings is 1. The molecule has 2 aromatic heterocycles. The number of nitrogens with one attached hydrogen (secondary N) is 2. The summed E-state index contributed by atoms with van der Waals surface area (Å²) in [4.78, 5) is 46.0. The van der Waals surface area contributed by atoms with Crippen LogP contribution in [0.4, 0.5) is 18.9 Å². The Hall–Kier alpha value is -4.17. The molecule has 42 heavy (non-hydrogen) atoms. The van der Waals surface area contributed by atoms with E-state index < -0.39 is 17.8 Å². The fourth-order valence-corrected chi connectivity index (χ4v) is 5.17. The predicted octanol–water partition coefficient (Wildman–Crippen LogP) is 3.20. The number of carbonyl (C=O) groups is 3. The van der Waals surface area contributed by atoms with E-state index in [4.69, 9.17) is 11.6 Å². The van der Waals surface area contributed by atoms with Crippen molar-refractivity contribution in [1.29, 1.82) is 0 Å². The van der Waals surface area contributed by atoms with E-state index in [1.165, 1.54) is 29.8 Å². The van der Waals surface area contributed by atoms with Gasteiger partial charge in [-0.3, -0.25) is 14.4 Å². The maximum Gasteiger partial charge on any atom is 0.435 e. The fraction of sp³-hybridized carbons (Fsp3) is 0.370. The summed E-state index contributed by atoms with van der Waals surface area (Å²) in [5, 5.41) is 9.38. The Labute approximate surface area is 243 Å². The molecule has 222 valence electrons. The van der Waals surface area contributed by atoms with Crippen LogP contribution in [0.15, 0.2) is 37.2 Å². The van der Waals surface area contributed by atoms with Crippen LogP contribution in [0.2, 0.25) is 5.02 Å². The maximum absolute atomic E-state index is 13.5. The summed E-state index contributed by atoms with van der Waals surface area (Å²) in [6.45, 7) is 6.79. The monoisotopic (exact) mass is 604 g/mol. The molecule has 0 spiro atoms. The van der Waals surface area contributed by atoms with E-state index in [1.54, 1.807) is 9.80 Å². The van der Waals surface area contributed by atoms with Gasteiger partial charge in [-0.05, 0) is 37.2 Å². The molecule has 11 nitrogen and oxygen atoms in total. The third-order valence-corrected chi connectivity index (χ3v) is 7.67. The highest BCUT2D eigenvalue weighted by Crippen LogP contribution is 2.36. The first-order chi connectivity index (χ1) is 20.0. The number of benzene rings is 1. The standard InChI is InChI=1S/C27H28ClF3N8O3/c1-3-39-15-19(23(35-39)27(29,30)31)21-14-33-24(36(21)2)25(41)34-17-4-5-18(20(28)11-17)26(42)38-8-6-37(7-9-38)22(40)10-16-12-32-13-16/h3-5,11,14-16,32H,1,6-10,12-13H2,2H3,(H,34,41). The highest BCUT2D eigenvalue weighted by Gasteiger charge is 2.38. The molecule has 0 unspecified atom stereocenters. The van der Waals surface area contributed by atoms with Gasteiger partial charge in [0.1, 0.15) is 0 Å². The molecular formula is C27H28ClF3N8O3. The molecule has 0 aliphatic carbocycles. The summed E-state index contributed by atoms with van der Waals surface area (Å²) >= 11 is 6.41. The average Bonchev–Trinajstić information content (AvgIpc) is 3.54. The molecule has 2 fully saturated rings. The summed E-state index contributed by atoms with van der Waals surface area (Å²) in [7, 11) is 1.41. The zero-order valence-electron chi connectivity index (χ0n) is 22.6. The Bertz CT molecular complexity index is 1540. The van der Waals surface area contributed by atoms with Gasteiger partial charge in [-0.15, -0.1) is 0 Å². The van der Waals surface area contributed by atoms with Crippen molar-refractivity contribution >= 4 is 41.2 Å². The maximum atomic E-state index is 13.5. The molecule has 1 aromatic carbocycles. The molecule has 3 aromatic rings. The van der Waals surface area contributed by atoms with Crippen LogP contribution in [-0.2, 0) is 18.0 Å². The van der Waals surface area contributed by atoms with Gasteiger partial charge in [-0.1, -0.05) is 18.2 Å². The first kappa shape index (κ1) is 29.3. The zero-order chi connectivity index (χ0) is 30.2. The van der Waals surface area contributed by atoms with Crippen molar-refractivity contribution in [3.63, 3.8) is 0 Å². The van der Waals surface area contributed by atoms with Crippen LogP contribution in [-0.4, -0.2) is 86.1 Å². The van der Waals surface area contributed by atoms with E-state index in [1.807, 2.05) is 0 Å². The number of anilines is 1. The number of aromatic nitrogens is 4. The zero-order valence-corrected chi connectivity index (χ0v) is 23.4. The Balaban J connectivity index is 1.24. The highest BCUT2D eigenvalue weighted by molar-refractivity contribution is 6.34. The molecule has 2 aliphatic rings. The molecule has 4 heterocycles. The van der Waals surface area contributed by atoms with Gasteiger partial charge >= 0.3 is 6.18 Å². The molecule has 0 bridgehead atoms. The van der Waals surface area contributed by atoms with Gasteiger partial charge in [0.25, 0.3) is 11.8 Å². The number of piperazine rings is 1. The van der Waals surface area contributed by atoms with E-state index in [0.29, 0.717) is 38.5 Å². The van der Waals surface area contributed by atoms with Crippen molar-refractivity contribution in [2.45, 2.75) is 12.6 Å². The Morgan fingerprint density at radius 1 is 1.17 bits per heavy atom. The van der Waals surface area contributed by atoms with E-state index in [-0.39, 0.29) is 45.2 Å². The minimum atomic E-state index is -4.73. The van der Waals surface area contributed by atoms with Crippen LogP contribution in [0.3, 0.4) is 0 Å². The Morgan fingerprint density at radius 2 is 1.86 bits per heavy atom. The third-order valence-electron chi connectivity index (χ3n) is 7.36. The van der Waals surface area contributed by atoms with Crippen LogP contribution in [0.5, 0.6) is 0 Å². The van der Waals surface area contributed by atoms with Crippen LogP contribution in [0, 0.1) is 5.92 Å². The lowest BCUT2D eigenvalue weighted by Gasteiger charge is -2.36. The quantitative estimate of drug-likeness (QED) is 0.428. The van der Waals surface area contributed by atoms with Gasteiger partial charge in [0.2, 0.25) is 5.91 Å². The molecule has 0 saturated carbocycles. The second kappa shape index (κ2) is 11.6. The van der Waals surface area contributed by atoms with Crippen molar-refractivity contribution in [2.24, 2.45) is 13.0 Å². The molecular weight excluding hydrogens is 577 g/mol. The van der Waals surface area contributed by atoms with E-state index in [9.17, 15) is 27.6 Å². The van der Waals surface area contributed by atoms with Crippen LogP contribution < -0.4 is 10.6 Å². The van der Waals surface area contributed by atoms with E-state index in [0.717, 1.165) is 36.4 Å². The largest absolute Gasteiger partial charge is 0.435 e. The molecule has 15 heteroatoms. The molecule has 5 rings (SSSR count). The first-order valence-electron chi connectivity index (χ1n) is 13.2. The van der Waals surface area contributed by atoms with Crippen LogP contribution in [0.25, 0.3) is 17.5 Å². The highest BCUT2D eigenvalue weighted by atomic mass is 35.5. The Kier molecular flexibility index (Phi) is 8.10. The number of nitrogens with zero attached hydrogens (tertiary/aromatic N) is 6. The van der Waals surface area contributed by atoms with Crippen molar-refractivity contribution in [1.82, 2.24) is 34.4 Å². The smallest absolute Gasteiger partial charge is 0.339 e. The third kappa shape index (κ3) is 5.90. The molecule has 2 aliphatic heterocycles. The number of amides is 3. The summed E-state index contributed by atoms with van der Waals surface area (Å²) < 4.78 is 42.8. The number of rotatable bonds is 7. The number of alkyl halides is 3. The van der Waals surface area contributed by atoms with Crippen molar-refractivity contribution in [2.75, 3.05) is 44.6 Å². The van der Waals surface area contributed by atoms with Gasteiger partial charge < -0.3 is 25.0 Å². The molecule has 0 radical (unpaired) electrons. The molecule has 3 amide bonds. The molecule has 2 N–H and O–H groups in total. The van der Waals surface area contributed by atoms with Gasteiger partial charge in [-0.25, -0.2) is 9.67 Å². The fourth-order valence-electron chi connectivity index (χ4n) is 4.90. The Morgan fingerprint density at radius 3 is 2.45 bits per heavy atom. The van der Waals surface area contributed by atoms with Gasteiger partial charge in [-0.2, -0.15) is 18.3 Å². The molecule has 2 saturated heterocycles. The second-order valence-corrected chi connectivity index (χ2v) is 10.5. The van der Waals surface area contributed by atoms with E-state index in [2.05, 4.69) is 27.3 Å². The lowest BCUT2D eigenvalue weighted by Crippen LogP contribution is -2.52. The average molecular weight is 605 g/mol. The number of hydrogen-bond donors (Lipinski definition) is 2. The van der Waals surface area contributed by atoms with Crippen LogP contribution >= 0.6 is 11.6 Å². The lowest BCUT2D eigenvalue weighted by atomic mass is 9.98. The second-order valence-electron chi connectivity index (χ2n) is 10.1. The van der Waals surface area contributed by atoms with Gasteiger partial charge in [0.05, 0.1) is 28.0 Å². The molecule has 0 atom stereocenters. The number of halogens is 4. The summed E-state index contributed by atoms with van der Waals surface area (Å²) in [6.07, 6.45) is -0.800. The van der Waals surface area contributed by atoms with Crippen molar-refractivity contribution < 1.29 is 27.6 Å². The summed E-state index contributed by atoms with van der Waals surface area (Å²) in [5.74, 6) is -0.662. The minimum Gasteiger partial charge on any atom is -0.339 e. The SMILES string of the molecule is C=Cn1cc(-c2cnc(C(=O)Nc3ccc(C(=O)N4CCN(C(=O)CC5CNC5)CC4)c(Cl)c3)n2C)c(C(F)(F)F)n1. The number of hydrogen-bond acceptors (Lipinski definition) is 6. The first-order valence-corrected chi connectivity index (χ1v) is 13.5. The topological polar surface area (TPSA) is 117 Å². The lowest BCUT2D eigenvalue weighted by molar-refractivity contribution is -0.140. The van der Waals surface area contributed by atoms with Crippen molar-refractivity contribution in [3.8, 4) is 11.3 Å².